The van der Waals surface area contributed by atoms with Crippen LogP contribution in [-0.4, -0.2) is 34.7 Å². The second kappa shape index (κ2) is 7.62. The summed E-state index contributed by atoms with van der Waals surface area (Å²) < 4.78 is 0. The molecule has 0 aromatic rings. The van der Waals surface area contributed by atoms with Gasteiger partial charge in [0, 0.05) is 19.1 Å². The number of carboxylic acids is 1. The summed E-state index contributed by atoms with van der Waals surface area (Å²) in [7, 11) is 0. The van der Waals surface area contributed by atoms with E-state index in [2.05, 4.69) is 5.32 Å². The van der Waals surface area contributed by atoms with Crippen LogP contribution in [0.3, 0.4) is 0 Å². The number of aliphatic hydroxyl groups is 1. The van der Waals surface area contributed by atoms with Crippen molar-refractivity contribution in [1.82, 2.24) is 5.32 Å². The van der Waals surface area contributed by atoms with Gasteiger partial charge in [0.15, 0.2) is 0 Å². The van der Waals surface area contributed by atoms with Crippen molar-refractivity contribution in [3.8, 4) is 0 Å². The van der Waals surface area contributed by atoms with Crippen molar-refractivity contribution in [2.45, 2.75) is 64.8 Å². The molecule has 1 unspecified atom stereocenters. The van der Waals surface area contributed by atoms with Gasteiger partial charge in [-0.25, -0.2) is 0 Å². The van der Waals surface area contributed by atoms with Gasteiger partial charge < -0.3 is 15.5 Å². The average molecular weight is 285 g/mol. The quantitative estimate of drug-likeness (QED) is 0.667. The molecule has 0 aromatic carbocycles. The summed E-state index contributed by atoms with van der Waals surface area (Å²) in [6.45, 7) is 3.98. The molecule has 1 aliphatic carbocycles. The highest BCUT2D eigenvalue weighted by Crippen LogP contribution is 2.39. The first-order chi connectivity index (χ1) is 9.41. The van der Waals surface area contributed by atoms with Gasteiger partial charge in [-0.2, -0.15) is 0 Å². The molecule has 20 heavy (non-hydrogen) atoms. The van der Waals surface area contributed by atoms with Crippen molar-refractivity contribution in [3.63, 3.8) is 0 Å². The number of hydrogen-bond donors (Lipinski definition) is 3. The van der Waals surface area contributed by atoms with Crippen LogP contribution in [0.25, 0.3) is 0 Å². The monoisotopic (exact) mass is 285 g/mol. The molecule has 1 atom stereocenters. The Bertz CT molecular complexity index is 335. The summed E-state index contributed by atoms with van der Waals surface area (Å²) in [5.41, 5.74) is -0.886. The van der Waals surface area contributed by atoms with Gasteiger partial charge >= 0.3 is 5.97 Å². The Kier molecular flexibility index (Phi) is 6.46. The topological polar surface area (TPSA) is 86.6 Å². The molecular weight excluding hydrogens is 258 g/mol. The molecule has 0 spiro atoms. The summed E-state index contributed by atoms with van der Waals surface area (Å²) in [5.74, 6) is -0.838. The van der Waals surface area contributed by atoms with E-state index in [1.165, 1.54) is 0 Å². The molecule has 0 bridgehead atoms. The molecule has 1 saturated carbocycles. The summed E-state index contributed by atoms with van der Waals surface area (Å²) in [6, 6.07) is -0.0954. The number of rotatable bonds is 7. The van der Waals surface area contributed by atoms with E-state index in [1.54, 1.807) is 0 Å². The van der Waals surface area contributed by atoms with Crippen LogP contribution in [0.4, 0.5) is 0 Å². The van der Waals surface area contributed by atoms with Crippen molar-refractivity contribution in [1.29, 1.82) is 0 Å². The van der Waals surface area contributed by atoms with E-state index >= 15 is 0 Å². The average Bonchev–Trinajstić information content (AvgIpc) is 2.38. The van der Waals surface area contributed by atoms with Gasteiger partial charge in [-0.1, -0.05) is 33.1 Å². The van der Waals surface area contributed by atoms with E-state index in [9.17, 15) is 14.7 Å². The minimum absolute atomic E-state index is 0.0210. The molecule has 0 aromatic heterocycles. The highest BCUT2D eigenvalue weighted by Gasteiger charge is 2.41. The van der Waals surface area contributed by atoms with Gasteiger partial charge in [-0.15, -0.1) is 0 Å². The summed E-state index contributed by atoms with van der Waals surface area (Å²) >= 11 is 0. The molecule has 1 amide bonds. The lowest BCUT2D eigenvalue weighted by molar-refractivity contribution is -0.154. The number of hydrogen-bond acceptors (Lipinski definition) is 3. The Hall–Kier alpha value is -1.10. The first-order valence-electron chi connectivity index (χ1n) is 7.55. The molecule has 1 rings (SSSR count). The highest BCUT2D eigenvalue weighted by molar-refractivity contribution is 5.85. The van der Waals surface area contributed by atoms with Crippen LogP contribution in [0.5, 0.6) is 0 Å². The van der Waals surface area contributed by atoms with Crippen molar-refractivity contribution < 1.29 is 19.8 Å². The van der Waals surface area contributed by atoms with Gasteiger partial charge in [0.2, 0.25) is 5.91 Å². The van der Waals surface area contributed by atoms with E-state index in [-0.39, 0.29) is 30.9 Å². The number of carboxylic acid groups (broad SMARTS) is 1. The maximum atomic E-state index is 12.2. The van der Waals surface area contributed by atoms with Gasteiger partial charge in [0.25, 0.3) is 0 Å². The summed E-state index contributed by atoms with van der Waals surface area (Å²) in [4.78, 5) is 23.7. The zero-order chi connectivity index (χ0) is 15.2. The highest BCUT2D eigenvalue weighted by atomic mass is 16.4. The first-order valence-corrected chi connectivity index (χ1v) is 7.55. The second-order valence-electron chi connectivity index (χ2n) is 6.25. The number of aliphatic carboxylic acids is 1. The number of nitrogens with one attached hydrogen (secondary N) is 1. The Morgan fingerprint density at radius 2 is 1.80 bits per heavy atom. The molecule has 0 aliphatic heterocycles. The molecule has 3 N–H and O–H groups in total. The fourth-order valence-electron chi connectivity index (χ4n) is 2.97. The third kappa shape index (κ3) is 4.47. The maximum absolute atomic E-state index is 12.2. The molecule has 116 valence electrons. The number of aliphatic hydroxyl groups excluding tert-OH is 1. The number of carbonyl (C=O) groups is 2. The van der Waals surface area contributed by atoms with E-state index in [0.29, 0.717) is 19.3 Å². The van der Waals surface area contributed by atoms with Crippen LogP contribution in [0.2, 0.25) is 0 Å². The van der Waals surface area contributed by atoms with Gasteiger partial charge in [0.05, 0.1) is 5.41 Å². The molecule has 5 heteroatoms. The number of amides is 1. The standard InChI is InChI=1S/C15H27NO4/c1-11(2)12(6-9-17)16-13(18)10-15(14(19)20)7-4-3-5-8-15/h11-12,17H,3-10H2,1-2H3,(H,16,18)(H,19,20). The molecular formula is C15H27NO4. The van der Waals surface area contributed by atoms with Crippen LogP contribution < -0.4 is 5.32 Å². The Balaban J connectivity index is 2.64. The van der Waals surface area contributed by atoms with Crippen LogP contribution in [-0.2, 0) is 9.59 Å². The largest absolute Gasteiger partial charge is 0.481 e. The van der Waals surface area contributed by atoms with E-state index < -0.39 is 11.4 Å². The zero-order valence-electron chi connectivity index (χ0n) is 12.5. The second-order valence-corrected chi connectivity index (χ2v) is 6.25. The lowest BCUT2D eigenvalue weighted by Gasteiger charge is -2.33. The Morgan fingerprint density at radius 1 is 1.20 bits per heavy atom. The predicted molar refractivity (Wildman–Crippen MR) is 76.2 cm³/mol. The van der Waals surface area contributed by atoms with Gasteiger partial charge in [-0.3, -0.25) is 9.59 Å². The Labute approximate surface area is 120 Å². The predicted octanol–water partition coefficient (Wildman–Crippen LogP) is 1.93. The minimum Gasteiger partial charge on any atom is -0.481 e. The van der Waals surface area contributed by atoms with Crippen molar-refractivity contribution in [2.24, 2.45) is 11.3 Å². The van der Waals surface area contributed by atoms with E-state index in [1.807, 2.05) is 13.8 Å². The van der Waals surface area contributed by atoms with Gasteiger partial charge in [0.1, 0.15) is 0 Å². The molecule has 1 aliphatic rings. The van der Waals surface area contributed by atoms with Crippen molar-refractivity contribution in [2.75, 3.05) is 6.61 Å². The van der Waals surface area contributed by atoms with Crippen molar-refractivity contribution >= 4 is 11.9 Å². The fourth-order valence-corrected chi connectivity index (χ4v) is 2.97. The third-order valence-electron chi connectivity index (χ3n) is 4.35. The van der Waals surface area contributed by atoms with Crippen LogP contribution in [0.15, 0.2) is 0 Å². The van der Waals surface area contributed by atoms with Crippen LogP contribution in [0, 0.1) is 11.3 Å². The van der Waals surface area contributed by atoms with Crippen LogP contribution >= 0.6 is 0 Å². The summed E-state index contributed by atoms with van der Waals surface area (Å²) in [6.07, 6.45) is 4.54. The summed E-state index contributed by atoms with van der Waals surface area (Å²) in [5, 5.41) is 21.4. The molecule has 0 saturated heterocycles. The van der Waals surface area contributed by atoms with Crippen LogP contribution in [0.1, 0.15) is 58.8 Å². The van der Waals surface area contributed by atoms with Crippen molar-refractivity contribution in [3.05, 3.63) is 0 Å². The lowest BCUT2D eigenvalue weighted by Crippen LogP contribution is -2.44. The maximum Gasteiger partial charge on any atom is 0.310 e. The third-order valence-corrected chi connectivity index (χ3v) is 4.35. The minimum atomic E-state index is -0.886. The zero-order valence-corrected chi connectivity index (χ0v) is 12.5. The molecule has 1 fully saturated rings. The van der Waals surface area contributed by atoms with Gasteiger partial charge in [-0.05, 0) is 25.2 Å². The molecule has 0 radical (unpaired) electrons. The van der Waals surface area contributed by atoms with E-state index in [0.717, 1.165) is 19.3 Å². The Morgan fingerprint density at radius 3 is 2.25 bits per heavy atom. The number of carbonyl (C=O) groups excluding carboxylic acids is 1. The smallest absolute Gasteiger partial charge is 0.310 e. The van der Waals surface area contributed by atoms with E-state index in [4.69, 9.17) is 5.11 Å². The SMILES string of the molecule is CC(C)C(CCO)NC(=O)CC1(C(=O)O)CCCCC1. The lowest BCUT2D eigenvalue weighted by atomic mass is 9.71. The first kappa shape index (κ1) is 17.0. The fraction of sp³-hybridized carbons (Fsp3) is 0.867. The molecule has 5 nitrogen and oxygen atoms in total. The molecule has 0 heterocycles. The normalized spacial score (nSPS) is 19.6.